The Balaban J connectivity index is 0.854. The van der Waals surface area contributed by atoms with Crippen molar-refractivity contribution in [3.05, 3.63) is 333 Å². The third kappa shape index (κ3) is 12.4. The molecule has 0 aliphatic carbocycles. The molecule has 0 N–H and O–H groups in total. The zero-order chi connectivity index (χ0) is 67.2. The first kappa shape index (κ1) is 61.5. The van der Waals surface area contributed by atoms with Gasteiger partial charge in [-0.25, -0.2) is 29.9 Å². The second-order valence-corrected chi connectivity index (χ2v) is 27.6. The van der Waals surface area contributed by atoms with Crippen molar-refractivity contribution in [2.75, 3.05) is 0 Å². The van der Waals surface area contributed by atoms with Gasteiger partial charge in [-0.3, -0.25) is 0 Å². The number of rotatable bonds is 13. The highest BCUT2D eigenvalue weighted by Crippen LogP contribution is 2.47. The van der Waals surface area contributed by atoms with Gasteiger partial charge in [0.2, 0.25) is 0 Å². The van der Waals surface area contributed by atoms with E-state index in [1.165, 1.54) is 21.9 Å². The van der Waals surface area contributed by atoms with Crippen molar-refractivity contribution < 1.29 is 0 Å². The number of nitrogens with zero attached hydrogens (tertiary/aromatic N) is 7. The topological polar surface area (TPSA) is 82.3 Å². The van der Waals surface area contributed by atoms with E-state index in [1.807, 2.05) is 36.4 Å². The van der Waals surface area contributed by atoms with Crippen LogP contribution in [0.5, 0.6) is 0 Å². The van der Waals surface area contributed by atoms with Crippen molar-refractivity contribution >= 4 is 21.8 Å². The normalized spacial score (nSPS) is 11.7. The third-order valence-electron chi connectivity index (χ3n) is 18.8. The number of hydrogen-bond donors (Lipinski definition) is 0. The van der Waals surface area contributed by atoms with Crippen molar-refractivity contribution in [1.82, 2.24) is 34.5 Å². The summed E-state index contributed by atoms with van der Waals surface area (Å²) in [5.74, 6) is 3.59. The molecule has 0 bridgehead atoms. The average Bonchev–Trinajstić information content (AvgIpc) is 1.56. The Morgan fingerprint density at radius 1 is 0.202 bits per heavy atom. The fourth-order valence-electron chi connectivity index (χ4n) is 13.4. The van der Waals surface area contributed by atoms with Gasteiger partial charge in [0, 0.05) is 61.0 Å². The molecule has 16 rings (SSSR count). The first-order valence-electron chi connectivity index (χ1n) is 33.9. The van der Waals surface area contributed by atoms with E-state index in [1.54, 1.807) is 0 Å². The number of para-hydroxylation sites is 1. The van der Waals surface area contributed by atoms with Crippen LogP contribution in [0.15, 0.2) is 322 Å². The van der Waals surface area contributed by atoms with E-state index < -0.39 is 0 Å². The van der Waals surface area contributed by atoms with Gasteiger partial charge in [-0.15, -0.1) is 0 Å². The zero-order valence-electron chi connectivity index (χ0n) is 56.2. The Hall–Kier alpha value is -12.3. The van der Waals surface area contributed by atoms with Gasteiger partial charge in [0.1, 0.15) is 0 Å². The predicted octanol–water partition coefficient (Wildman–Crippen LogP) is 23.8. The summed E-state index contributed by atoms with van der Waals surface area (Å²) in [6.45, 7) is 13.9. The molecule has 16 aromatic rings. The lowest BCUT2D eigenvalue weighted by Gasteiger charge is -2.22. The van der Waals surface area contributed by atoms with E-state index in [2.05, 4.69) is 331 Å². The van der Waals surface area contributed by atoms with Gasteiger partial charge in [-0.2, -0.15) is 0 Å². The van der Waals surface area contributed by atoms with Crippen LogP contribution in [-0.2, 0) is 10.8 Å². The molecule has 7 heteroatoms. The Morgan fingerprint density at radius 2 is 0.424 bits per heavy atom. The fourth-order valence-corrected chi connectivity index (χ4v) is 13.4. The number of hydrogen-bond acceptors (Lipinski definition) is 6. The lowest BCUT2D eigenvalue weighted by molar-refractivity contribution is 0.590. The maximum Gasteiger partial charge on any atom is 0.164 e. The fraction of sp³-hybridized carbons (Fsp3) is 0.0870. The highest BCUT2D eigenvalue weighted by molar-refractivity contribution is 6.18. The minimum absolute atomic E-state index is 0.193. The Morgan fingerprint density at radius 3 is 0.697 bits per heavy atom. The summed E-state index contributed by atoms with van der Waals surface area (Å²) in [6, 6.07) is 114. The van der Waals surface area contributed by atoms with Crippen molar-refractivity contribution in [3.8, 4) is 141 Å². The summed E-state index contributed by atoms with van der Waals surface area (Å²) in [5, 5.41) is 2.37. The Bertz CT molecular complexity index is 5160. The molecular formula is C92H71N7. The third-order valence-corrected chi connectivity index (χ3v) is 18.8. The summed E-state index contributed by atoms with van der Waals surface area (Å²) in [7, 11) is 0. The van der Waals surface area contributed by atoms with E-state index in [4.69, 9.17) is 29.9 Å². The quantitative estimate of drug-likeness (QED) is 0.114. The minimum atomic E-state index is -0.193. The molecule has 3 heterocycles. The second kappa shape index (κ2) is 25.7. The van der Waals surface area contributed by atoms with Crippen LogP contribution in [0.3, 0.4) is 0 Å². The molecule has 7 nitrogen and oxygen atoms in total. The van der Waals surface area contributed by atoms with Crippen molar-refractivity contribution in [3.63, 3.8) is 0 Å². The van der Waals surface area contributed by atoms with Gasteiger partial charge in [-0.1, -0.05) is 290 Å². The van der Waals surface area contributed by atoms with Crippen molar-refractivity contribution in [2.45, 2.75) is 52.4 Å². The molecule has 474 valence electrons. The first-order chi connectivity index (χ1) is 48.3. The summed E-state index contributed by atoms with van der Waals surface area (Å²) >= 11 is 0. The minimum Gasteiger partial charge on any atom is -0.308 e. The molecule has 0 radical (unpaired) electrons. The van der Waals surface area contributed by atoms with Crippen molar-refractivity contribution in [1.29, 1.82) is 0 Å². The lowest BCUT2D eigenvalue weighted by Crippen LogP contribution is -2.11. The summed E-state index contributed by atoms with van der Waals surface area (Å²) < 4.78 is 2.51. The van der Waals surface area contributed by atoms with E-state index in [9.17, 15) is 0 Å². The zero-order valence-corrected chi connectivity index (χ0v) is 56.2. The molecule has 0 amide bonds. The molecule has 0 unspecified atom stereocenters. The van der Waals surface area contributed by atoms with Gasteiger partial charge in [0.05, 0.1) is 11.0 Å². The van der Waals surface area contributed by atoms with Gasteiger partial charge in [0.25, 0.3) is 0 Å². The molecule has 13 aromatic carbocycles. The largest absolute Gasteiger partial charge is 0.308 e. The molecule has 0 atom stereocenters. The van der Waals surface area contributed by atoms with E-state index >= 15 is 0 Å². The van der Waals surface area contributed by atoms with Crippen molar-refractivity contribution in [2.24, 2.45) is 0 Å². The Labute approximate surface area is 578 Å². The van der Waals surface area contributed by atoms with Crippen LogP contribution in [-0.4, -0.2) is 34.5 Å². The van der Waals surface area contributed by atoms with E-state index in [0.717, 1.165) is 117 Å². The molecule has 0 aliphatic heterocycles. The standard InChI is InChI=1S/C92H71N7/c1-91(2,3)76-56-79(64-42-46-68(47-43-64)87-93-85(66-36-22-11-23-37-66)95-89(97-87)74-52-70(60-28-14-7-15-29-60)50-71(53-74)61-30-16-8-17-31-61)83-81(58-76)82-59-77(92(4,5)6)57-80(84(82)99(83)78-40-26-13-27-41-78)65-44-48-69(49-45-65)88-94-86(67-38-24-12-25-39-67)96-90(98-88)75-54-72(62-32-18-9-19-33-62)51-73(55-75)63-34-20-10-21-35-63/h7-59H,1-6H3. The number of aromatic nitrogens is 7. The van der Waals surface area contributed by atoms with Crippen LogP contribution in [0.25, 0.3) is 163 Å². The van der Waals surface area contributed by atoms with E-state index in [0.29, 0.717) is 34.9 Å². The maximum absolute atomic E-state index is 5.36. The molecule has 0 saturated carbocycles. The summed E-state index contributed by atoms with van der Waals surface area (Å²) in [6.07, 6.45) is 0. The van der Waals surface area contributed by atoms with Crippen LogP contribution >= 0.6 is 0 Å². The van der Waals surface area contributed by atoms with Crippen LogP contribution < -0.4 is 0 Å². The van der Waals surface area contributed by atoms with Crippen LogP contribution in [0, 0.1) is 0 Å². The monoisotopic (exact) mass is 1270 g/mol. The molecule has 0 saturated heterocycles. The molecule has 3 aromatic heterocycles. The van der Waals surface area contributed by atoms with Crippen LogP contribution in [0.2, 0.25) is 0 Å². The lowest BCUT2D eigenvalue weighted by atomic mass is 9.82. The second-order valence-electron chi connectivity index (χ2n) is 27.6. The van der Waals surface area contributed by atoms with Crippen LogP contribution in [0.4, 0.5) is 0 Å². The molecule has 0 fully saturated rings. The van der Waals surface area contributed by atoms with Gasteiger partial charge >= 0.3 is 0 Å². The first-order valence-corrected chi connectivity index (χ1v) is 33.9. The molecule has 0 aliphatic rings. The Kier molecular flexibility index (Phi) is 16.0. The number of fused-ring (bicyclic) bond motifs is 3. The van der Waals surface area contributed by atoms with Gasteiger partial charge in [0.15, 0.2) is 34.9 Å². The van der Waals surface area contributed by atoms with Gasteiger partial charge < -0.3 is 4.57 Å². The molecule has 0 spiro atoms. The number of benzene rings is 13. The van der Waals surface area contributed by atoms with Crippen LogP contribution in [0.1, 0.15) is 52.7 Å². The average molecular weight is 1270 g/mol. The summed E-state index contributed by atoms with van der Waals surface area (Å²) in [5.41, 5.74) is 24.0. The van der Waals surface area contributed by atoms with Gasteiger partial charge in [-0.05, 0) is 150 Å². The molecule has 99 heavy (non-hydrogen) atoms. The highest BCUT2D eigenvalue weighted by atomic mass is 15.0. The van der Waals surface area contributed by atoms with E-state index in [-0.39, 0.29) is 10.8 Å². The smallest absolute Gasteiger partial charge is 0.164 e. The summed E-state index contributed by atoms with van der Waals surface area (Å²) in [4.78, 5) is 31.7. The maximum atomic E-state index is 5.36. The SMILES string of the molecule is CC(C)(C)c1cc(-c2ccc(-c3nc(-c4ccccc4)nc(-c4cc(-c5ccccc5)cc(-c5ccccc5)c4)n3)cc2)c2c(c1)c1cc(C(C)(C)C)cc(-c3ccc(-c4nc(-c5ccccc5)nc(-c5cc(-c6ccccc6)cc(-c6ccccc6)c5)n4)cc3)c1n2-c1ccccc1. The molecular weight excluding hydrogens is 1200 g/mol. The predicted molar refractivity (Wildman–Crippen MR) is 410 cm³/mol. The highest BCUT2D eigenvalue weighted by Gasteiger charge is 2.28.